The highest BCUT2D eigenvalue weighted by Gasteiger charge is 2.18. The van der Waals surface area contributed by atoms with Gasteiger partial charge in [0, 0.05) is 5.02 Å². The summed E-state index contributed by atoms with van der Waals surface area (Å²) < 4.78 is 29.0. The van der Waals surface area contributed by atoms with Crippen molar-refractivity contribution in [3.05, 3.63) is 59.0 Å². The van der Waals surface area contributed by atoms with Gasteiger partial charge in [-0.15, -0.1) is 0 Å². The number of benzene rings is 1. The highest BCUT2D eigenvalue weighted by molar-refractivity contribution is 7.91. The minimum absolute atomic E-state index is 0.160. The van der Waals surface area contributed by atoms with E-state index in [0.29, 0.717) is 16.3 Å². The van der Waals surface area contributed by atoms with Crippen LogP contribution in [0.3, 0.4) is 0 Å². The van der Waals surface area contributed by atoms with Crippen molar-refractivity contribution >= 4 is 27.3 Å². The maximum Gasteiger partial charge on any atom is 0.235 e. The first-order valence-electron chi connectivity index (χ1n) is 6.19. The number of amides is 1. The molecule has 1 amide bonds. The molecule has 0 spiro atoms. The van der Waals surface area contributed by atoms with Crippen molar-refractivity contribution in [2.24, 2.45) is 0 Å². The van der Waals surface area contributed by atoms with E-state index in [-0.39, 0.29) is 12.3 Å². The first-order chi connectivity index (χ1) is 9.96. The van der Waals surface area contributed by atoms with Gasteiger partial charge in [-0.3, -0.25) is 4.79 Å². The summed E-state index contributed by atoms with van der Waals surface area (Å²) in [5.74, 6) is -0.856. The second kappa shape index (κ2) is 6.78. The average molecular weight is 328 g/mol. The number of hydrogen-bond acceptors (Lipinski definition) is 4. The molecule has 0 bridgehead atoms. The van der Waals surface area contributed by atoms with Crippen molar-refractivity contribution in [3.8, 4) is 0 Å². The fraction of sp³-hybridized carbons (Fsp3) is 0.214. The predicted octanol–water partition coefficient (Wildman–Crippen LogP) is 2.16. The van der Waals surface area contributed by atoms with Crippen molar-refractivity contribution < 1.29 is 17.6 Å². The summed E-state index contributed by atoms with van der Waals surface area (Å²) in [5.41, 5.74) is 0.484. The standard InChI is InChI=1S/C14H14ClNO4S/c15-13-6-2-1-4-11(13)9-21(18,19)10-14(17)16-8-12-5-3-7-20-12/h1-7H,8-10H2,(H,16,17). The predicted molar refractivity (Wildman–Crippen MR) is 79.5 cm³/mol. The topological polar surface area (TPSA) is 76.4 Å². The van der Waals surface area contributed by atoms with Crippen LogP contribution in [-0.2, 0) is 26.9 Å². The third-order valence-corrected chi connectivity index (χ3v) is 4.55. The monoisotopic (exact) mass is 327 g/mol. The van der Waals surface area contributed by atoms with Gasteiger partial charge in [-0.1, -0.05) is 29.8 Å². The van der Waals surface area contributed by atoms with Crippen LogP contribution in [0.25, 0.3) is 0 Å². The molecule has 0 aliphatic heterocycles. The lowest BCUT2D eigenvalue weighted by atomic mass is 10.2. The molecule has 0 saturated heterocycles. The molecule has 5 nitrogen and oxygen atoms in total. The molecular formula is C14H14ClNO4S. The maximum absolute atomic E-state index is 12.0. The van der Waals surface area contributed by atoms with E-state index in [0.717, 1.165) is 0 Å². The van der Waals surface area contributed by atoms with Gasteiger partial charge < -0.3 is 9.73 Å². The molecule has 2 aromatic rings. The fourth-order valence-corrected chi connectivity index (χ4v) is 3.36. The molecule has 1 aromatic heterocycles. The quantitative estimate of drug-likeness (QED) is 0.882. The van der Waals surface area contributed by atoms with Crippen molar-refractivity contribution in [2.45, 2.75) is 12.3 Å². The highest BCUT2D eigenvalue weighted by Crippen LogP contribution is 2.17. The Kier molecular flexibility index (Phi) is 5.03. The molecule has 1 aromatic carbocycles. The van der Waals surface area contributed by atoms with Crippen LogP contribution in [0.2, 0.25) is 5.02 Å². The van der Waals surface area contributed by atoms with Gasteiger partial charge in [-0.25, -0.2) is 8.42 Å². The molecule has 7 heteroatoms. The number of nitrogens with one attached hydrogen (secondary N) is 1. The average Bonchev–Trinajstić information content (AvgIpc) is 2.91. The van der Waals surface area contributed by atoms with Crippen molar-refractivity contribution in [1.82, 2.24) is 5.32 Å². The largest absolute Gasteiger partial charge is 0.467 e. The Morgan fingerprint density at radius 2 is 1.95 bits per heavy atom. The number of furan rings is 1. The van der Waals surface area contributed by atoms with E-state index in [9.17, 15) is 13.2 Å². The summed E-state index contributed by atoms with van der Waals surface area (Å²) in [6.45, 7) is 0.160. The van der Waals surface area contributed by atoms with E-state index in [1.165, 1.54) is 6.26 Å². The number of halogens is 1. The molecule has 0 unspecified atom stereocenters. The van der Waals surface area contributed by atoms with Gasteiger partial charge in [0.1, 0.15) is 11.5 Å². The Morgan fingerprint density at radius 3 is 2.62 bits per heavy atom. The Labute approximate surface area is 127 Å². The third-order valence-electron chi connectivity index (χ3n) is 2.72. The Balaban J connectivity index is 1.91. The molecule has 0 saturated carbocycles. The van der Waals surface area contributed by atoms with Crippen molar-refractivity contribution in [3.63, 3.8) is 0 Å². The van der Waals surface area contributed by atoms with Crippen LogP contribution in [0.4, 0.5) is 0 Å². The first kappa shape index (κ1) is 15.6. The van der Waals surface area contributed by atoms with E-state index < -0.39 is 21.5 Å². The first-order valence-corrected chi connectivity index (χ1v) is 8.39. The minimum Gasteiger partial charge on any atom is -0.467 e. The Hall–Kier alpha value is -1.79. The van der Waals surface area contributed by atoms with Gasteiger partial charge in [0.05, 0.1) is 18.6 Å². The summed E-state index contributed by atoms with van der Waals surface area (Å²) in [5, 5.41) is 2.87. The van der Waals surface area contributed by atoms with E-state index in [1.54, 1.807) is 36.4 Å². The summed E-state index contributed by atoms with van der Waals surface area (Å²) in [7, 11) is -3.57. The van der Waals surface area contributed by atoms with Crippen LogP contribution >= 0.6 is 11.6 Å². The highest BCUT2D eigenvalue weighted by atomic mass is 35.5. The molecule has 1 N–H and O–H groups in total. The fourth-order valence-electron chi connectivity index (χ4n) is 1.75. The van der Waals surface area contributed by atoms with Crippen LogP contribution in [0, 0.1) is 0 Å². The van der Waals surface area contributed by atoms with Gasteiger partial charge in [0.15, 0.2) is 9.84 Å². The molecule has 112 valence electrons. The van der Waals surface area contributed by atoms with Gasteiger partial charge >= 0.3 is 0 Å². The van der Waals surface area contributed by atoms with E-state index in [2.05, 4.69) is 5.32 Å². The number of carbonyl (C=O) groups excluding carboxylic acids is 1. The van der Waals surface area contributed by atoms with Crippen LogP contribution in [0.15, 0.2) is 47.1 Å². The summed E-state index contributed by atoms with van der Waals surface area (Å²) in [6.07, 6.45) is 1.48. The second-order valence-electron chi connectivity index (χ2n) is 4.48. The van der Waals surface area contributed by atoms with Gasteiger partial charge in [-0.05, 0) is 23.8 Å². The maximum atomic E-state index is 12.0. The zero-order valence-corrected chi connectivity index (χ0v) is 12.7. The van der Waals surface area contributed by atoms with Gasteiger partial charge in [0.2, 0.25) is 5.91 Å². The summed E-state index contributed by atoms with van der Waals surface area (Å²) in [6, 6.07) is 10.0. The van der Waals surface area contributed by atoms with Crippen LogP contribution < -0.4 is 5.32 Å². The van der Waals surface area contributed by atoms with Crippen LogP contribution in [0.5, 0.6) is 0 Å². The lowest BCUT2D eigenvalue weighted by Crippen LogP contribution is -2.30. The molecule has 0 fully saturated rings. The molecule has 21 heavy (non-hydrogen) atoms. The third kappa shape index (κ3) is 4.91. The Bertz CT molecular complexity index is 710. The second-order valence-corrected chi connectivity index (χ2v) is 6.95. The molecule has 2 rings (SSSR count). The van der Waals surface area contributed by atoms with Gasteiger partial charge in [0.25, 0.3) is 0 Å². The van der Waals surface area contributed by atoms with Crippen molar-refractivity contribution in [1.29, 1.82) is 0 Å². The van der Waals surface area contributed by atoms with E-state index in [1.807, 2.05) is 0 Å². The molecule has 0 aliphatic rings. The Morgan fingerprint density at radius 1 is 1.19 bits per heavy atom. The van der Waals surface area contributed by atoms with E-state index in [4.69, 9.17) is 16.0 Å². The zero-order valence-electron chi connectivity index (χ0n) is 11.1. The lowest BCUT2D eigenvalue weighted by Gasteiger charge is -2.06. The lowest BCUT2D eigenvalue weighted by molar-refractivity contribution is -0.118. The normalized spacial score (nSPS) is 11.3. The van der Waals surface area contributed by atoms with Gasteiger partial charge in [-0.2, -0.15) is 0 Å². The summed E-state index contributed by atoms with van der Waals surface area (Å²) in [4.78, 5) is 11.7. The number of sulfone groups is 1. The molecule has 1 heterocycles. The molecule has 0 atom stereocenters. The number of hydrogen-bond donors (Lipinski definition) is 1. The molecule has 0 aliphatic carbocycles. The number of rotatable bonds is 6. The van der Waals surface area contributed by atoms with Crippen molar-refractivity contribution in [2.75, 3.05) is 5.75 Å². The summed E-state index contributed by atoms with van der Waals surface area (Å²) >= 11 is 5.92. The zero-order chi connectivity index (χ0) is 15.3. The van der Waals surface area contributed by atoms with Crippen LogP contribution in [-0.4, -0.2) is 20.1 Å². The minimum atomic E-state index is -3.57. The smallest absolute Gasteiger partial charge is 0.235 e. The molecule has 0 radical (unpaired) electrons. The molecular weight excluding hydrogens is 314 g/mol. The number of carbonyl (C=O) groups is 1. The SMILES string of the molecule is O=C(CS(=O)(=O)Cc1ccccc1Cl)NCc1ccco1. The van der Waals surface area contributed by atoms with Crippen LogP contribution in [0.1, 0.15) is 11.3 Å². The van der Waals surface area contributed by atoms with E-state index >= 15 is 0 Å².